The maximum Gasteiger partial charge on any atom is 0.253 e. The molecular formula is C19H26N2O3. The van der Waals surface area contributed by atoms with E-state index in [0.29, 0.717) is 31.7 Å². The Morgan fingerprint density at radius 1 is 1.21 bits per heavy atom. The Hall–Kier alpha value is -1.88. The van der Waals surface area contributed by atoms with Crippen LogP contribution in [0.4, 0.5) is 0 Å². The fourth-order valence-electron chi connectivity index (χ4n) is 4.08. The zero-order chi connectivity index (χ0) is 17.5. The Kier molecular flexibility index (Phi) is 4.38. The van der Waals surface area contributed by atoms with Crippen molar-refractivity contribution < 1.29 is 14.7 Å². The minimum Gasteiger partial charge on any atom is -0.396 e. The largest absolute Gasteiger partial charge is 0.396 e. The summed E-state index contributed by atoms with van der Waals surface area (Å²) in [4.78, 5) is 28.3. The van der Waals surface area contributed by atoms with Gasteiger partial charge in [-0.05, 0) is 49.4 Å². The predicted octanol–water partition coefficient (Wildman–Crippen LogP) is 1.61. The van der Waals surface area contributed by atoms with Crippen LogP contribution < -0.4 is 0 Å². The Labute approximate surface area is 143 Å². The van der Waals surface area contributed by atoms with Crippen LogP contribution >= 0.6 is 0 Å². The van der Waals surface area contributed by atoms with E-state index in [-0.39, 0.29) is 29.8 Å². The number of carbonyl (C=O) groups is 2. The van der Waals surface area contributed by atoms with Crippen LogP contribution in [0, 0.1) is 25.2 Å². The van der Waals surface area contributed by atoms with Crippen molar-refractivity contribution in [1.82, 2.24) is 9.80 Å². The number of aliphatic hydroxyl groups is 1. The van der Waals surface area contributed by atoms with Gasteiger partial charge in [0.25, 0.3) is 5.91 Å². The van der Waals surface area contributed by atoms with E-state index < -0.39 is 0 Å². The summed E-state index contributed by atoms with van der Waals surface area (Å²) in [5.41, 5.74) is 2.60. The maximum atomic E-state index is 12.9. The average Bonchev–Trinajstić information content (AvgIpc) is 2.96. The Morgan fingerprint density at radius 3 is 2.54 bits per heavy atom. The van der Waals surface area contributed by atoms with Crippen molar-refractivity contribution in [3.63, 3.8) is 0 Å². The molecule has 2 amide bonds. The van der Waals surface area contributed by atoms with E-state index in [4.69, 9.17) is 0 Å². The molecule has 0 unspecified atom stereocenters. The van der Waals surface area contributed by atoms with E-state index in [9.17, 15) is 14.7 Å². The molecule has 1 N–H and O–H groups in total. The summed E-state index contributed by atoms with van der Waals surface area (Å²) in [6, 6.07) is 5.79. The van der Waals surface area contributed by atoms with E-state index in [1.807, 2.05) is 41.8 Å². The van der Waals surface area contributed by atoms with Crippen molar-refractivity contribution >= 4 is 11.8 Å². The standard InChI is InChI=1S/C19H26N2O3/c1-13-4-5-16(8-14(13)2)18(24)20-7-6-17-9-21(15(3)23)11-19(17,10-20)12-22/h4-5,8,17,22H,6-7,9-12H2,1-3H3/t17-,19+/m0/s1. The van der Waals surface area contributed by atoms with Crippen LogP contribution in [-0.4, -0.2) is 59.5 Å². The molecule has 0 aromatic heterocycles. The van der Waals surface area contributed by atoms with Crippen molar-refractivity contribution in [3.05, 3.63) is 34.9 Å². The van der Waals surface area contributed by atoms with Gasteiger partial charge in [0.15, 0.2) is 0 Å². The molecule has 5 heteroatoms. The van der Waals surface area contributed by atoms with Gasteiger partial charge in [0.05, 0.1) is 6.61 Å². The lowest BCUT2D eigenvalue weighted by molar-refractivity contribution is -0.128. The quantitative estimate of drug-likeness (QED) is 0.896. The number of benzene rings is 1. The Balaban J connectivity index is 1.80. The van der Waals surface area contributed by atoms with Gasteiger partial charge in [0.1, 0.15) is 0 Å². The molecule has 5 nitrogen and oxygen atoms in total. The van der Waals surface area contributed by atoms with Gasteiger partial charge < -0.3 is 14.9 Å². The zero-order valence-corrected chi connectivity index (χ0v) is 14.7. The Morgan fingerprint density at radius 2 is 1.92 bits per heavy atom. The van der Waals surface area contributed by atoms with Gasteiger partial charge in [-0.15, -0.1) is 0 Å². The van der Waals surface area contributed by atoms with Crippen molar-refractivity contribution in [2.45, 2.75) is 27.2 Å². The molecule has 2 saturated heterocycles. The summed E-state index contributed by atoms with van der Waals surface area (Å²) < 4.78 is 0. The summed E-state index contributed by atoms with van der Waals surface area (Å²) in [6.07, 6.45) is 0.834. The smallest absolute Gasteiger partial charge is 0.253 e. The summed E-state index contributed by atoms with van der Waals surface area (Å²) >= 11 is 0. The normalized spacial score (nSPS) is 26.4. The molecule has 2 atom stereocenters. The number of nitrogens with zero attached hydrogens (tertiary/aromatic N) is 2. The summed E-state index contributed by atoms with van der Waals surface area (Å²) in [5.74, 6) is 0.338. The SMILES string of the molecule is CC(=O)N1C[C@@H]2CCN(C(=O)c3ccc(C)c(C)c3)C[C@]2(CO)C1. The van der Waals surface area contributed by atoms with Crippen molar-refractivity contribution in [3.8, 4) is 0 Å². The Bertz CT molecular complexity index is 673. The monoisotopic (exact) mass is 330 g/mol. The molecule has 1 aromatic rings. The molecule has 0 aliphatic carbocycles. The molecular weight excluding hydrogens is 304 g/mol. The van der Waals surface area contributed by atoms with Gasteiger partial charge in [0.2, 0.25) is 5.91 Å². The zero-order valence-electron chi connectivity index (χ0n) is 14.7. The van der Waals surface area contributed by atoms with E-state index in [0.717, 1.165) is 12.0 Å². The number of aryl methyl sites for hydroxylation is 2. The fraction of sp³-hybridized carbons (Fsp3) is 0.579. The maximum absolute atomic E-state index is 12.9. The second kappa shape index (κ2) is 6.20. The summed E-state index contributed by atoms with van der Waals surface area (Å²) in [5, 5.41) is 10.0. The number of hydrogen-bond acceptors (Lipinski definition) is 3. The van der Waals surface area contributed by atoms with Crippen LogP contribution in [0.2, 0.25) is 0 Å². The first-order chi connectivity index (χ1) is 11.4. The molecule has 0 radical (unpaired) electrons. The van der Waals surface area contributed by atoms with Gasteiger partial charge in [-0.3, -0.25) is 9.59 Å². The third-order valence-corrected chi connectivity index (χ3v) is 5.87. The number of aliphatic hydroxyl groups excluding tert-OH is 1. The lowest BCUT2D eigenvalue weighted by Gasteiger charge is -2.43. The number of amides is 2. The molecule has 2 fully saturated rings. The third kappa shape index (κ3) is 2.81. The highest BCUT2D eigenvalue weighted by molar-refractivity contribution is 5.94. The number of likely N-dealkylation sites (tertiary alicyclic amines) is 2. The van der Waals surface area contributed by atoms with Crippen LogP contribution in [-0.2, 0) is 4.79 Å². The average molecular weight is 330 g/mol. The van der Waals surface area contributed by atoms with E-state index in [1.165, 1.54) is 5.56 Å². The molecule has 0 bridgehead atoms. The first kappa shape index (κ1) is 17.0. The van der Waals surface area contributed by atoms with Crippen molar-refractivity contribution in [2.24, 2.45) is 11.3 Å². The minimum atomic E-state index is -0.376. The highest BCUT2D eigenvalue weighted by Gasteiger charge is 2.50. The molecule has 2 heterocycles. The highest BCUT2D eigenvalue weighted by Crippen LogP contribution is 2.42. The van der Waals surface area contributed by atoms with Gasteiger partial charge in [-0.25, -0.2) is 0 Å². The van der Waals surface area contributed by atoms with Crippen LogP contribution in [0.25, 0.3) is 0 Å². The highest BCUT2D eigenvalue weighted by atomic mass is 16.3. The van der Waals surface area contributed by atoms with E-state index in [1.54, 1.807) is 6.92 Å². The van der Waals surface area contributed by atoms with Crippen LogP contribution in [0.15, 0.2) is 18.2 Å². The topological polar surface area (TPSA) is 60.9 Å². The van der Waals surface area contributed by atoms with Gasteiger partial charge in [0, 0.05) is 44.1 Å². The minimum absolute atomic E-state index is 0.0121. The van der Waals surface area contributed by atoms with Gasteiger partial charge in [-0.2, -0.15) is 0 Å². The van der Waals surface area contributed by atoms with Gasteiger partial charge in [-0.1, -0.05) is 6.07 Å². The molecule has 2 aliphatic rings. The van der Waals surface area contributed by atoms with Crippen molar-refractivity contribution in [1.29, 1.82) is 0 Å². The first-order valence-electron chi connectivity index (χ1n) is 8.59. The van der Waals surface area contributed by atoms with Crippen LogP contribution in [0.3, 0.4) is 0 Å². The third-order valence-electron chi connectivity index (χ3n) is 5.87. The molecule has 0 saturated carbocycles. The number of rotatable bonds is 2. The second-order valence-corrected chi connectivity index (χ2v) is 7.43. The number of piperidine rings is 1. The molecule has 3 rings (SSSR count). The molecule has 2 aliphatic heterocycles. The molecule has 24 heavy (non-hydrogen) atoms. The molecule has 1 aromatic carbocycles. The molecule has 130 valence electrons. The number of carbonyl (C=O) groups excluding carboxylic acids is 2. The van der Waals surface area contributed by atoms with Crippen LogP contribution in [0.5, 0.6) is 0 Å². The first-order valence-corrected chi connectivity index (χ1v) is 8.59. The van der Waals surface area contributed by atoms with Gasteiger partial charge >= 0.3 is 0 Å². The number of fused-ring (bicyclic) bond motifs is 1. The van der Waals surface area contributed by atoms with E-state index >= 15 is 0 Å². The summed E-state index contributed by atoms with van der Waals surface area (Å²) in [7, 11) is 0. The van der Waals surface area contributed by atoms with E-state index in [2.05, 4.69) is 0 Å². The lowest BCUT2D eigenvalue weighted by Crippen LogP contribution is -2.52. The summed E-state index contributed by atoms with van der Waals surface area (Å²) in [6.45, 7) is 8.06. The lowest BCUT2D eigenvalue weighted by atomic mass is 9.74. The van der Waals surface area contributed by atoms with Crippen LogP contribution in [0.1, 0.15) is 34.8 Å². The van der Waals surface area contributed by atoms with Crippen molar-refractivity contribution in [2.75, 3.05) is 32.8 Å². The molecule has 0 spiro atoms. The second-order valence-electron chi connectivity index (χ2n) is 7.43. The fourth-order valence-corrected chi connectivity index (χ4v) is 4.08. The predicted molar refractivity (Wildman–Crippen MR) is 91.7 cm³/mol. The number of hydrogen-bond donors (Lipinski definition) is 1.